The van der Waals surface area contributed by atoms with E-state index in [2.05, 4.69) is 10.1 Å². The Bertz CT molecular complexity index is 481. The Hall–Kier alpha value is -2.37. The van der Waals surface area contributed by atoms with Crippen molar-refractivity contribution in [2.45, 2.75) is 19.8 Å². The molecule has 20 heavy (non-hydrogen) atoms. The van der Waals surface area contributed by atoms with Gasteiger partial charge in [-0.25, -0.2) is 4.79 Å². The fourth-order valence-corrected chi connectivity index (χ4v) is 1.38. The molecular weight excluding hydrogens is 262 g/mol. The molecule has 1 rings (SSSR count). The number of anilines is 1. The minimum atomic E-state index is -0.609. The van der Waals surface area contributed by atoms with Crippen LogP contribution in [0, 0.1) is 0 Å². The average molecular weight is 279 g/mol. The van der Waals surface area contributed by atoms with Gasteiger partial charge in [-0.05, 0) is 30.7 Å². The molecule has 0 spiro atoms. The molecule has 0 saturated carbocycles. The van der Waals surface area contributed by atoms with E-state index < -0.39 is 17.8 Å². The van der Waals surface area contributed by atoms with Crippen molar-refractivity contribution in [2.75, 3.05) is 19.0 Å². The summed E-state index contributed by atoms with van der Waals surface area (Å²) in [7, 11) is 1.21. The zero-order chi connectivity index (χ0) is 15.0. The van der Waals surface area contributed by atoms with E-state index in [0.29, 0.717) is 17.9 Å². The van der Waals surface area contributed by atoms with E-state index in [1.807, 2.05) is 6.92 Å². The maximum absolute atomic E-state index is 11.6. The number of benzene rings is 1. The van der Waals surface area contributed by atoms with Crippen LogP contribution in [0.2, 0.25) is 0 Å². The topological polar surface area (TPSA) is 81.7 Å². The minimum absolute atomic E-state index is 0.350. The zero-order valence-corrected chi connectivity index (χ0v) is 11.5. The highest BCUT2D eigenvalue weighted by Crippen LogP contribution is 2.11. The van der Waals surface area contributed by atoms with Gasteiger partial charge in [0, 0.05) is 5.69 Å². The Labute approximate surface area is 117 Å². The van der Waals surface area contributed by atoms with Gasteiger partial charge in [0.1, 0.15) is 6.42 Å². The molecule has 0 fully saturated rings. The molecule has 0 aromatic heterocycles. The van der Waals surface area contributed by atoms with Crippen molar-refractivity contribution in [2.24, 2.45) is 0 Å². The number of rotatable bonds is 6. The molecule has 0 atom stereocenters. The molecule has 0 aliphatic heterocycles. The summed E-state index contributed by atoms with van der Waals surface area (Å²) >= 11 is 0. The smallest absolute Gasteiger partial charge is 0.338 e. The van der Waals surface area contributed by atoms with Crippen LogP contribution in [0.5, 0.6) is 0 Å². The van der Waals surface area contributed by atoms with Gasteiger partial charge in [0.15, 0.2) is 0 Å². The Morgan fingerprint density at radius 2 is 1.80 bits per heavy atom. The predicted molar refractivity (Wildman–Crippen MR) is 72.3 cm³/mol. The van der Waals surface area contributed by atoms with Crippen molar-refractivity contribution in [1.29, 1.82) is 0 Å². The third kappa shape index (κ3) is 5.09. The van der Waals surface area contributed by atoms with Crippen LogP contribution in [0.4, 0.5) is 5.69 Å². The Morgan fingerprint density at radius 1 is 1.15 bits per heavy atom. The summed E-state index contributed by atoms with van der Waals surface area (Å²) in [5, 5.41) is 2.52. The van der Waals surface area contributed by atoms with Crippen molar-refractivity contribution in [3.8, 4) is 0 Å². The second kappa shape index (κ2) is 7.93. The number of hydrogen-bond acceptors (Lipinski definition) is 5. The van der Waals surface area contributed by atoms with Crippen LogP contribution in [0.1, 0.15) is 30.1 Å². The summed E-state index contributed by atoms with van der Waals surface area (Å²) in [4.78, 5) is 33.9. The maximum Gasteiger partial charge on any atom is 0.338 e. The van der Waals surface area contributed by atoms with Gasteiger partial charge in [0.2, 0.25) is 5.91 Å². The van der Waals surface area contributed by atoms with E-state index in [9.17, 15) is 14.4 Å². The summed E-state index contributed by atoms with van der Waals surface area (Å²) < 4.78 is 9.36. The third-order valence-electron chi connectivity index (χ3n) is 2.37. The molecule has 1 amide bonds. The minimum Gasteiger partial charge on any atom is -0.469 e. The molecule has 0 bridgehead atoms. The number of ether oxygens (including phenoxy) is 2. The van der Waals surface area contributed by atoms with Gasteiger partial charge in [-0.2, -0.15) is 0 Å². The molecule has 0 aliphatic carbocycles. The lowest BCUT2D eigenvalue weighted by Crippen LogP contribution is -2.17. The molecule has 1 aromatic rings. The lowest BCUT2D eigenvalue weighted by atomic mass is 10.2. The molecule has 6 nitrogen and oxygen atoms in total. The number of esters is 2. The van der Waals surface area contributed by atoms with Crippen molar-refractivity contribution >= 4 is 23.5 Å². The summed E-state index contributed by atoms with van der Waals surface area (Å²) in [5.41, 5.74) is 0.898. The maximum atomic E-state index is 11.6. The Kier molecular flexibility index (Phi) is 6.22. The normalized spacial score (nSPS) is 9.70. The van der Waals surface area contributed by atoms with Crippen molar-refractivity contribution in [3.63, 3.8) is 0 Å². The predicted octanol–water partition coefficient (Wildman–Crippen LogP) is 1.75. The van der Waals surface area contributed by atoms with Crippen LogP contribution < -0.4 is 5.32 Å². The number of methoxy groups -OCH3 is 1. The average Bonchev–Trinajstić information content (AvgIpc) is 2.45. The van der Waals surface area contributed by atoms with Gasteiger partial charge in [-0.1, -0.05) is 6.92 Å². The molecular formula is C14H17NO5. The van der Waals surface area contributed by atoms with E-state index in [1.165, 1.54) is 7.11 Å². The van der Waals surface area contributed by atoms with Crippen LogP contribution in [-0.4, -0.2) is 31.6 Å². The van der Waals surface area contributed by atoms with E-state index in [-0.39, 0.29) is 6.42 Å². The first-order chi connectivity index (χ1) is 9.56. The highest BCUT2D eigenvalue weighted by Gasteiger charge is 2.10. The van der Waals surface area contributed by atoms with Gasteiger partial charge in [-0.3, -0.25) is 9.59 Å². The first kappa shape index (κ1) is 15.7. The lowest BCUT2D eigenvalue weighted by molar-refractivity contribution is -0.142. The van der Waals surface area contributed by atoms with Crippen molar-refractivity contribution in [3.05, 3.63) is 29.8 Å². The molecule has 108 valence electrons. The van der Waals surface area contributed by atoms with Gasteiger partial charge in [0.25, 0.3) is 0 Å². The fraction of sp³-hybridized carbons (Fsp3) is 0.357. The highest BCUT2D eigenvalue weighted by atomic mass is 16.5. The number of amides is 1. The van der Waals surface area contributed by atoms with Crippen LogP contribution >= 0.6 is 0 Å². The largest absolute Gasteiger partial charge is 0.469 e. The Morgan fingerprint density at radius 3 is 2.35 bits per heavy atom. The van der Waals surface area contributed by atoms with E-state index >= 15 is 0 Å². The van der Waals surface area contributed by atoms with Gasteiger partial charge >= 0.3 is 11.9 Å². The summed E-state index contributed by atoms with van der Waals surface area (Å²) in [6, 6.07) is 6.23. The summed E-state index contributed by atoms with van der Waals surface area (Å²) in [5.74, 6) is -1.49. The van der Waals surface area contributed by atoms with Crippen molar-refractivity contribution in [1.82, 2.24) is 0 Å². The molecule has 0 aliphatic rings. The first-order valence-corrected chi connectivity index (χ1v) is 6.20. The molecule has 6 heteroatoms. The van der Waals surface area contributed by atoms with Gasteiger partial charge < -0.3 is 14.8 Å². The fourth-order valence-electron chi connectivity index (χ4n) is 1.38. The number of carbonyl (C=O) groups excluding carboxylic acids is 3. The van der Waals surface area contributed by atoms with Crippen LogP contribution in [-0.2, 0) is 19.1 Å². The molecule has 0 saturated heterocycles. The second-order valence-electron chi connectivity index (χ2n) is 4.01. The number of carbonyl (C=O) groups is 3. The molecule has 0 radical (unpaired) electrons. The summed E-state index contributed by atoms with van der Waals surface area (Å²) in [6.45, 7) is 2.28. The lowest BCUT2D eigenvalue weighted by Gasteiger charge is -2.06. The van der Waals surface area contributed by atoms with Crippen molar-refractivity contribution < 1.29 is 23.9 Å². The van der Waals surface area contributed by atoms with E-state index in [4.69, 9.17) is 4.74 Å². The van der Waals surface area contributed by atoms with Gasteiger partial charge in [-0.15, -0.1) is 0 Å². The second-order valence-corrected chi connectivity index (χ2v) is 4.01. The van der Waals surface area contributed by atoms with E-state index in [0.717, 1.165) is 6.42 Å². The molecule has 0 heterocycles. The van der Waals surface area contributed by atoms with Crippen LogP contribution in [0.25, 0.3) is 0 Å². The summed E-state index contributed by atoms with van der Waals surface area (Å²) in [6.07, 6.45) is 0.407. The molecule has 1 aromatic carbocycles. The third-order valence-corrected chi connectivity index (χ3v) is 2.37. The monoisotopic (exact) mass is 279 g/mol. The number of hydrogen-bond donors (Lipinski definition) is 1. The zero-order valence-electron chi connectivity index (χ0n) is 11.5. The SMILES string of the molecule is CCCOC(=O)c1ccc(NC(=O)CC(=O)OC)cc1. The highest BCUT2D eigenvalue weighted by molar-refractivity contribution is 6.02. The van der Waals surface area contributed by atoms with E-state index in [1.54, 1.807) is 24.3 Å². The molecule has 1 N–H and O–H groups in total. The Balaban J connectivity index is 2.56. The van der Waals surface area contributed by atoms with Crippen LogP contribution in [0.15, 0.2) is 24.3 Å². The standard InChI is InChI=1S/C14H17NO5/c1-3-8-20-14(18)10-4-6-11(7-5-10)15-12(16)9-13(17)19-2/h4-7H,3,8-9H2,1-2H3,(H,15,16). The van der Waals surface area contributed by atoms with Crippen LogP contribution in [0.3, 0.4) is 0 Å². The first-order valence-electron chi connectivity index (χ1n) is 6.20. The number of nitrogens with one attached hydrogen (secondary N) is 1. The van der Waals surface area contributed by atoms with Gasteiger partial charge in [0.05, 0.1) is 19.3 Å². The quantitative estimate of drug-likeness (QED) is 0.633. The molecule has 0 unspecified atom stereocenters.